The number of hydrogen-bond donors (Lipinski definition) is 3. The predicted molar refractivity (Wildman–Crippen MR) is 84.9 cm³/mol. The number of benzene rings is 1. The van der Waals surface area contributed by atoms with Gasteiger partial charge in [0, 0.05) is 6.07 Å². The van der Waals surface area contributed by atoms with Crippen molar-refractivity contribution in [2.24, 2.45) is 5.73 Å². The first-order valence-corrected chi connectivity index (χ1v) is 7.22. The van der Waals surface area contributed by atoms with Crippen LogP contribution in [0.3, 0.4) is 0 Å². The van der Waals surface area contributed by atoms with Gasteiger partial charge in [-0.1, -0.05) is 6.07 Å². The van der Waals surface area contributed by atoms with Gasteiger partial charge >= 0.3 is 0 Å². The Morgan fingerprint density at radius 3 is 2.80 bits per heavy atom. The molecule has 0 fully saturated rings. The molecule has 1 atom stereocenters. The lowest BCUT2D eigenvalue weighted by Gasteiger charge is -2.25. The van der Waals surface area contributed by atoms with E-state index in [0.717, 1.165) is 6.07 Å². The molecule has 128 valence electrons. The molecule has 25 heavy (non-hydrogen) atoms. The molecule has 3 rings (SSSR count). The molecule has 0 amide bonds. The molecule has 0 saturated carbocycles. The minimum atomic E-state index is -0.845. The number of nitrogens with zero attached hydrogens (tertiary/aromatic N) is 1. The number of allylic oxidation sites excluding steroid dienone is 1. The Morgan fingerprint density at radius 1 is 1.40 bits per heavy atom. The van der Waals surface area contributed by atoms with E-state index in [-0.39, 0.29) is 40.2 Å². The van der Waals surface area contributed by atoms with Crippen molar-refractivity contribution in [2.75, 3.05) is 7.11 Å². The van der Waals surface area contributed by atoms with E-state index in [4.69, 9.17) is 19.6 Å². The van der Waals surface area contributed by atoms with Gasteiger partial charge < -0.3 is 29.8 Å². The number of hydrogen-bond acceptors (Lipinski definition) is 8. The van der Waals surface area contributed by atoms with Gasteiger partial charge in [0.25, 0.3) is 0 Å². The average molecular weight is 342 g/mol. The summed E-state index contributed by atoms with van der Waals surface area (Å²) in [6.07, 6.45) is 0. The average Bonchev–Trinajstić information content (AvgIpc) is 2.61. The van der Waals surface area contributed by atoms with Crippen LogP contribution < -0.4 is 20.6 Å². The standard InChI is InChI=1S/C17H14N2O6/c1-23-13-4-8(2-3-11(13)21)14-10(6-18)17(19)25-15-12(22)5-9(7-20)24-16(14)15/h2-5,14,20-21H,7,19H2,1H3/t14-/m0/s1. The maximum Gasteiger partial charge on any atom is 0.228 e. The highest BCUT2D eigenvalue weighted by Crippen LogP contribution is 2.42. The molecule has 1 aromatic heterocycles. The molecule has 0 aliphatic carbocycles. The van der Waals surface area contributed by atoms with E-state index < -0.39 is 18.0 Å². The van der Waals surface area contributed by atoms with Gasteiger partial charge in [-0.2, -0.15) is 5.26 Å². The third-order valence-electron chi connectivity index (χ3n) is 3.82. The van der Waals surface area contributed by atoms with Gasteiger partial charge in [-0.25, -0.2) is 0 Å². The molecule has 8 heteroatoms. The van der Waals surface area contributed by atoms with Crippen molar-refractivity contribution in [1.82, 2.24) is 0 Å². The third kappa shape index (κ3) is 2.66. The molecule has 0 unspecified atom stereocenters. The largest absolute Gasteiger partial charge is 0.504 e. The van der Waals surface area contributed by atoms with Crippen LogP contribution in [-0.4, -0.2) is 17.3 Å². The Bertz CT molecular complexity index is 970. The van der Waals surface area contributed by atoms with Crippen LogP contribution in [0.15, 0.2) is 44.9 Å². The minimum Gasteiger partial charge on any atom is -0.504 e. The molecule has 0 bridgehead atoms. The van der Waals surface area contributed by atoms with Crippen LogP contribution >= 0.6 is 0 Å². The molecule has 0 saturated heterocycles. The molecule has 1 aliphatic rings. The molecule has 2 aromatic rings. The van der Waals surface area contributed by atoms with Crippen molar-refractivity contribution in [3.63, 3.8) is 0 Å². The van der Waals surface area contributed by atoms with Crippen LogP contribution in [0, 0.1) is 11.3 Å². The van der Waals surface area contributed by atoms with E-state index >= 15 is 0 Å². The van der Waals surface area contributed by atoms with Gasteiger partial charge in [0.05, 0.1) is 13.0 Å². The first kappa shape index (κ1) is 16.4. The van der Waals surface area contributed by atoms with Gasteiger partial charge in [0.2, 0.25) is 17.1 Å². The van der Waals surface area contributed by atoms with E-state index in [1.165, 1.54) is 19.2 Å². The van der Waals surface area contributed by atoms with Crippen LogP contribution in [0.1, 0.15) is 23.0 Å². The fourth-order valence-electron chi connectivity index (χ4n) is 2.67. The third-order valence-corrected chi connectivity index (χ3v) is 3.82. The molecule has 4 N–H and O–H groups in total. The summed E-state index contributed by atoms with van der Waals surface area (Å²) in [4.78, 5) is 12.2. The lowest BCUT2D eigenvalue weighted by molar-refractivity contribution is 0.231. The number of fused-ring (bicyclic) bond motifs is 1. The van der Waals surface area contributed by atoms with Crippen molar-refractivity contribution < 1.29 is 24.1 Å². The molecule has 1 aliphatic heterocycles. The highest BCUT2D eigenvalue weighted by atomic mass is 16.5. The summed E-state index contributed by atoms with van der Waals surface area (Å²) >= 11 is 0. The topological polar surface area (TPSA) is 139 Å². The quantitative estimate of drug-likeness (QED) is 0.752. The van der Waals surface area contributed by atoms with E-state index in [1.54, 1.807) is 6.07 Å². The smallest absolute Gasteiger partial charge is 0.228 e. The summed E-state index contributed by atoms with van der Waals surface area (Å²) in [6.45, 7) is -0.491. The number of methoxy groups -OCH3 is 1. The minimum absolute atomic E-state index is 0.0286. The SMILES string of the molecule is COc1cc([C@H]2C(C#N)=C(N)Oc3c2oc(CO)cc3=O)ccc1O. The summed E-state index contributed by atoms with van der Waals surface area (Å²) in [5.41, 5.74) is 5.81. The molecular weight excluding hydrogens is 328 g/mol. The van der Waals surface area contributed by atoms with E-state index in [0.29, 0.717) is 5.56 Å². The van der Waals surface area contributed by atoms with Gasteiger partial charge in [-0.05, 0) is 17.7 Å². The summed E-state index contributed by atoms with van der Waals surface area (Å²) in [5.74, 6) is -1.03. The summed E-state index contributed by atoms with van der Waals surface area (Å²) in [6, 6.07) is 7.50. The van der Waals surface area contributed by atoms with E-state index in [9.17, 15) is 20.3 Å². The molecule has 1 aromatic carbocycles. The molecule has 0 spiro atoms. The van der Waals surface area contributed by atoms with Crippen molar-refractivity contribution in [2.45, 2.75) is 12.5 Å². The van der Waals surface area contributed by atoms with Crippen LogP contribution in [-0.2, 0) is 6.61 Å². The number of aromatic hydroxyl groups is 1. The Morgan fingerprint density at radius 2 is 2.16 bits per heavy atom. The number of nitriles is 1. The lowest BCUT2D eigenvalue weighted by atomic mass is 9.87. The highest BCUT2D eigenvalue weighted by Gasteiger charge is 2.35. The van der Waals surface area contributed by atoms with Crippen molar-refractivity contribution >= 4 is 0 Å². The zero-order chi connectivity index (χ0) is 18.1. The van der Waals surface area contributed by atoms with Crippen LogP contribution in [0.2, 0.25) is 0 Å². The van der Waals surface area contributed by atoms with Crippen LogP contribution in [0.4, 0.5) is 0 Å². The normalized spacial score (nSPS) is 16.0. The number of ether oxygens (including phenoxy) is 2. The second kappa shape index (κ2) is 6.22. The number of phenols is 1. The molecule has 8 nitrogen and oxygen atoms in total. The Kier molecular flexibility index (Phi) is 4.09. The van der Waals surface area contributed by atoms with Crippen molar-refractivity contribution in [3.8, 4) is 23.3 Å². The zero-order valence-corrected chi connectivity index (χ0v) is 13.1. The van der Waals surface area contributed by atoms with Gasteiger partial charge in [0.15, 0.2) is 17.3 Å². The van der Waals surface area contributed by atoms with Gasteiger partial charge in [0.1, 0.15) is 24.0 Å². The maximum atomic E-state index is 12.2. The van der Waals surface area contributed by atoms with Gasteiger partial charge in [-0.3, -0.25) is 4.79 Å². The first-order valence-electron chi connectivity index (χ1n) is 7.22. The number of aliphatic hydroxyl groups excluding tert-OH is 1. The fraction of sp³-hybridized carbons (Fsp3) is 0.176. The van der Waals surface area contributed by atoms with Gasteiger partial charge in [-0.15, -0.1) is 0 Å². The molecular formula is C17H14N2O6. The predicted octanol–water partition coefficient (Wildman–Crippen LogP) is 1.06. The number of rotatable bonds is 3. The monoisotopic (exact) mass is 342 g/mol. The molecule has 0 radical (unpaired) electrons. The summed E-state index contributed by atoms with van der Waals surface area (Å²) in [7, 11) is 1.39. The second-order valence-corrected chi connectivity index (χ2v) is 5.28. The van der Waals surface area contributed by atoms with E-state index in [1.807, 2.05) is 6.07 Å². The summed E-state index contributed by atoms with van der Waals surface area (Å²) in [5, 5.41) is 28.5. The number of nitrogens with two attached hydrogens (primary N) is 1. The number of aliphatic hydroxyl groups is 1. The van der Waals surface area contributed by atoms with Crippen molar-refractivity contribution in [3.05, 3.63) is 63.0 Å². The van der Waals surface area contributed by atoms with Crippen LogP contribution in [0.5, 0.6) is 17.2 Å². The summed E-state index contributed by atoms with van der Waals surface area (Å²) < 4.78 is 15.9. The van der Waals surface area contributed by atoms with Crippen molar-refractivity contribution in [1.29, 1.82) is 5.26 Å². The zero-order valence-electron chi connectivity index (χ0n) is 13.1. The Balaban J connectivity index is 2.29. The second-order valence-electron chi connectivity index (χ2n) is 5.28. The Labute approximate surface area is 141 Å². The highest BCUT2D eigenvalue weighted by molar-refractivity contribution is 5.54. The maximum absolute atomic E-state index is 12.2. The van der Waals surface area contributed by atoms with E-state index in [2.05, 4.69) is 0 Å². The molecule has 2 heterocycles. The van der Waals surface area contributed by atoms with Crippen LogP contribution in [0.25, 0.3) is 0 Å². The Hall–Kier alpha value is -3.44. The lowest BCUT2D eigenvalue weighted by Crippen LogP contribution is -2.25. The fourth-order valence-corrected chi connectivity index (χ4v) is 2.67. The first-order chi connectivity index (χ1) is 12.0. The number of phenolic OH excluding ortho intramolecular Hbond substituents is 1.